The van der Waals surface area contributed by atoms with Crippen LogP contribution in [0.3, 0.4) is 0 Å². The molecule has 1 rings (SSSR count). The highest BCUT2D eigenvalue weighted by atomic mass is 28.4. The molecule has 24 heavy (non-hydrogen) atoms. The Hall–Kier alpha value is -0.643. The van der Waals surface area contributed by atoms with E-state index in [9.17, 15) is 0 Å². The molecule has 0 bridgehead atoms. The summed E-state index contributed by atoms with van der Waals surface area (Å²) in [5, 5.41) is 0. The predicted octanol–water partition coefficient (Wildman–Crippen LogP) is 5.72. The van der Waals surface area contributed by atoms with Crippen molar-refractivity contribution in [2.75, 3.05) is 20.3 Å². The van der Waals surface area contributed by atoms with Crippen LogP contribution in [0.4, 0.5) is 0 Å². The molecular formula is C21H38O2Si. The maximum atomic E-state index is 6.61. The molecule has 0 aromatic heterocycles. The van der Waals surface area contributed by atoms with Gasteiger partial charge in [0.1, 0.15) is 0 Å². The minimum absolute atomic E-state index is 0.137. The Morgan fingerprint density at radius 3 is 1.92 bits per heavy atom. The van der Waals surface area contributed by atoms with Crippen molar-refractivity contribution in [1.82, 2.24) is 0 Å². The van der Waals surface area contributed by atoms with Gasteiger partial charge in [0, 0.05) is 19.1 Å². The van der Waals surface area contributed by atoms with Crippen molar-refractivity contribution in [3.8, 4) is 0 Å². The van der Waals surface area contributed by atoms with Gasteiger partial charge in [0.2, 0.25) is 0 Å². The average molecular weight is 351 g/mol. The minimum atomic E-state index is -1.74. The molecule has 0 radical (unpaired) electrons. The van der Waals surface area contributed by atoms with Crippen LogP contribution < -0.4 is 0 Å². The molecule has 0 unspecified atom stereocenters. The molecule has 1 aromatic rings. The van der Waals surface area contributed by atoms with Gasteiger partial charge < -0.3 is 9.16 Å². The van der Waals surface area contributed by atoms with Crippen LogP contribution in [-0.4, -0.2) is 28.6 Å². The van der Waals surface area contributed by atoms with Crippen LogP contribution in [0.1, 0.15) is 46.1 Å². The van der Waals surface area contributed by atoms with Crippen molar-refractivity contribution in [3.05, 3.63) is 35.9 Å². The number of ether oxygens (including phenoxy) is 1. The molecule has 1 aromatic carbocycles. The predicted molar refractivity (Wildman–Crippen MR) is 107 cm³/mol. The zero-order chi connectivity index (χ0) is 18.2. The van der Waals surface area contributed by atoms with Gasteiger partial charge in [0.15, 0.2) is 8.32 Å². The molecule has 0 spiro atoms. The third-order valence-corrected chi connectivity index (χ3v) is 6.56. The van der Waals surface area contributed by atoms with Crippen LogP contribution in [0, 0.1) is 17.3 Å². The second-order valence-corrected chi connectivity index (χ2v) is 13.0. The minimum Gasteiger partial charge on any atom is -0.416 e. The second kappa shape index (κ2) is 9.74. The highest BCUT2D eigenvalue weighted by molar-refractivity contribution is 6.70. The van der Waals surface area contributed by atoms with Crippen molar-refractivity contribution in [2.45, 2.75) is 59.7 Å². The molecule has 0 atom stereocenters. The molecule has 0 N–H and O–H groups in total. The molecular weight excluding hydrogens is 312 g/mol. The van der Waals surface area contributed by atoms with Gasteiger partial charge in [0.05, 0.1) is 6.61 Å². The third kappa shape index (κ3) is 7.95. The van der Waals surface area contributed by atoms with Gasteiger partial charge in [-0.25, -0.2) is 0 Å². The zero-order valence-electron chi connectivity index (χ0n) is 16.9. The Morgan fingerprint density at radius 1 is 0.917 bits per heavy atom. The summed E-state index contributed by atoms with van der Waals surface area (Å²) in [6.07, 6.45) is 2.32. The maximum absolute atomic E-state index is 6.61. The Kier molecular flexibility index (Phi) is 8.68. The first-order chi connectivity index (χ1) is 11.2. The highest BCUT2D eigenvalue weighted by Gasteiger charge is 2.35. The topological polar surface area (TPSA) is 18.5 Å². The van der Waals surface area contributed by atoms with Gasteiger partial charge in [0.25, 0.3) is 0 Å². The first kappa shape index (κ1) is 21.4. The van der Waals surface area contributed by atoms with Crippen LogP contribution >= 0.6 is 0 Å². The number of methoxy groups -OCH3 is 1. The first-order valence-corrected chi connectivity index (χ1v) is 12.5. The Morgan fingerprint density at radius 2 is 1.46 bits per heavy atom. The maximum Gasteiger partial charge on any atom is 0.191 e. The molecule has 3 heteroatoms. The summed E-state index contributed by atoms with van der Waals surface area (Å²) in [6.45, 7) is 15.5. The normalized spacial score (nSPS) is 13.0. The van der Waals surface area contributed by atoms with E-state index in [1.54, 1.807) is 0 Å². The summed E-state index contributed by atoms with van der Waals surface area (Å²) in [6, 6.07) is 11.8. The number of hydrogen-bond acceptors (Lipinski definition) is 2. The van der Waals surface area contributed by atoms with Crippen molar-refractivity contribution >= 4 is 8.32 Å². The lowest BCUT2D eigenvalue weighted by molar-refractivity contribution is 0.00504. The molecule has 0 aliphatic heterocycles. The van der Waals surface area contributed by atoms with Crippen molar-refractivity contribution in [2.24, 2.45) is 17.3 Å². The van der Waals surface area contributed by atoms with Gasteiger partial charge in [-0.05, 0) is 49.4 Å². The second-order valence-electron chi connectivity index (χ2n) is 8.84. The molecule has 0 aliphatic carbocycles. The van der Waals surface area contributed by atoms with Crippen LogP contribution in [-0.2, 0) is 15.2 Å². The number of rotatable bonds is 11. The number of benzene rings is 1. The van der Waals surface area contributed by atoms with Crippen molar-refractivity contribution in [3.63, 3.8) is 0 Å². The monoisotopic (exact) mass is 350 g/mol. The van der Waals surface area contributed by atoms with E-state index in [-0.39, 0.29) is 5.41 Å². The van der Waals surface area contributed by atoms with Crippen LogP contribution in [0.5, 0.6) is 0 Å². The lowest BCUT2D eigenvalue weighted by atomic mass is 9.75. The van der Waals surface area contributed by atoms with Crippen molar-refractivity contribution in [1.29, 1.82) is 0 Å². The van der Waals surface area contributed by atoms with Crippen LogP contribution in [0.25, 0.3) is 0 Å². The summed E-state index contributed by atoms with van der Waals surface area (Å²) >= 11 is 0. The van der Waals surface area contributed by atoms with Crippen LogP contribution in [0.15, 0.2) is 30.3 Å². The SMILES string of the molecule is COCC(CO[Si](C)(C)Cc1ccccc1)(CC(C)C)CC(C)C. The van der Waals surface area contributed by atoms with Gasteiger partial charge in [-0.3, -0.25) is 0 Å². The summed E-state index contributed by atoms with van der Waals surface area (Å²) < 4.78 is 12.2. The molecule has 0 fully saturated rings. The fraction of sp³-hybridized carbons (Fsp3) is 0.714. The van der Waals surface area contributed by atoms with E-state index in [4.69, 9.17) is 9.16 Å². The molecule has 0 saturated heterocycles. The Balaban J connectivity index is 2.80. The molecule has 0 heterocycles. The van der Waals surface area contributed by atoms with Gasteiger partial charge >= 0.3 is 0 Å². The van der Waals surface area contributed by atoms with E-state index in [2.05, 4.69) is 71.1 Å². The lowest BCUT2D eigenvalue weighted by Gasteiger charge is -2.39. The molecule has 2 nitrogen and oxygen atoms in total. The van der Waals surface area contributed by atoms with Gasteiger partial charge in [-0.1, -0.05) is 58.0 Å². The van der Waals surface area contributed by atoms with Crippen LogP contribution in [0.2, 0.25) is 13.1 Å². The fourth-order valence-corrected chi connectivity index (χ4v) is 5.90. The zero-order valence-corrected chi connectivity index (χ0v) is 17.9. The van der Waals surface area contributed by atoms with E-state index in [0.29, 0.717) is 11.8 Å². The summed E-state index contributed by atoms with van der Waals surface area (Å²) in [4.78, 5) is 0. The quantitative estimate of drug-likeness (QED) is 0.476. The smallest absolute Gasteiger partial charge is 0.191 e. The van der Waals surface area contributed by atoms with E-state index in [0.717, 1.165) is 32.1 Å². The fourth-order valence-electron chi connectivity index (χ4n) is 3.89. The summed E-state index contributed by atoms with van der Waals surface area (Å²) in [5.74, 6) is 1.31. The summed E-state index contributed by atoms with van der Waals surface area (Å²) in [5.41, 5.74) is 1.53. The lowest BCUT2D eigenvalue weighted by Crippen LogP contribution is -2.42. The van der Waals surface area contributed by atoms with Crippen molar-refractivity contribution < 1.29 is 9.16 Å². The molecule has 0 amide bonds. The van der Waals surface area contributed by atoms with E-state index < -0.39 is 8.32 Å². The van der Waals surface area contributed by atoms with E-state index >= 15 is 0 Å². The molecule has 0 saturated carbocycles. The standard InChI is InChI=1S/C21H38O2Si/c1-18(2)13-21(16-22-5,14-19(3)4)17-23-24(6,7)15-20-11-9-8-10-12-20/h8-12,18-19H,13-17H2,1-7H3. The number of hydrogen-bond donors (Lipinski definition) is 0. The highest BCUT2D eigenvalue weighted by Crippen LogP contribution is 2.35. The summed E-state index contributed by atoms with van der Waals surface area (Å²) in [7, 11) is 0.0808. The Bertz CT molecular complexity index is 444. The first-order valence-electron chi connectivity index (χ1n) is 9.35. The molecule has 138 valence electrons. The van der Waals surface area contributed by atoms with Gasteiger partial charge in [-0.15, -0.1) is 0 Å². The third-order valence-electron chi connectivity index (χ3n) is 4.37. The molecule has 0 aliphatic rings. The Labute approximate surface area is 151 Å². The largest absolute Gasteiger partial charge is 0.416 e. The average Bonchev–Trinajstić information content (AvgIpc) is 2.45. The van der Waals surface area contributed by atoms with Gasteiger partial charge in [-0.2, -0.15) is 0 Å². The van der Waals surface area contributed by atoms with E-state index in [1.807, 2.05) is 7.11 Å². The van der Waals surface area contributed by atoms with E-state index in [1.165, 1.54) is 5.56 Å².